The summed E-state index contributed by atoms with van der Waals surface area (Å²) in [5.41, 5.74) is 0.587. The van der Waals surface area contributed by atoms with Gasteiger partial charge >= 0.3 is 0 Å². The average Bonchev–Trinajstić information content (AvgIpc) is 3.56. The molecule has 3 heterocycles. The number of rotatable bonds is 9. The Kier molecular flexibility index (Phi) is 8.10. The van der Waals surface area contributed by atoms with Gasteiger partial charge in [-0.1, -0.05) is 49.4 Å². The van der Waals surface area contributed by atoms with Gasteiger partial charge in [-0.15, -0.1) is 0 Å². The first-order chi connectivity index (χ1) is 19.8. The molecule has 41 heavy (non-hydrogen) atoms. The highest BCUT2D eigenvalue weighted by Crippen LogP contribution is 2.45. The van der Waals surface area contributed by atoms with Crippen molar-refractivity contribution in [2.24, 2.45) is 5.92 Å². The number of aliphatic hydroxyl groups is 2. The third-order valence-corrected chi connectivity index (χ3v) is 8.15. The predicted molar refractivity (Wildman–Crippen MR) is 155 cm³/mol. The fraction of sp³-hybridized carbons (Fsp3) is 0.344. The molecule has 1 saturated heterocycles. The first-order valence-electron chi connectivity index (χ1n) is 13.9. The molecule has 0 aliphatic carbocycles. The van der Waals surface area contributed by atoms with Crippen LogP contribution in [0.15, 0.2) is 83.8 Å². The number of anilines is 1. The van der Waals surface area contributed by atoms with Crippen LogP contribution < -0.4 is 15.2 Å². The number of amides is 2. The highest BCUT2D eigenvalue weighted by molar-refractivity contribution is 6.07. The van der Waals surface area contributed by atoms with Crippen molar-refractivity contribution in [3.05, 3.63) is 100 Å². The van der Waals surface area contributed by atoms with Crippen LogP contribution in [0.25, 0.3) is 5.69 Å². The number of methoxy groups -OCH3 is 1. The van der Waals surface area contributed by atoms with Gasteiger partial charge in [-0.05, 0) is 48.7 Å². The Balaban J connectivity index is 1.33. The monoisotopic (exact) mass is 557 g/mol. The Hall–Kier alpha value is -4.21. The lowest BCUT2D eigenvalue weighted by molar-refractivity contribution is -0.139. The molecule has 3 aromatic rings. The van der Waals surface area contributed by atoms with E-state index in [0.717, 1.165) is 18.4 Å². The number of aromatic nitrogens is 1. The molecule has 1 aromatic heterocycles. The number of ether oxygens (including phenoxy) is 1. The van der Waals surface area contributed by atoms with Gasteiger partial charge in [0.25, 0.3) is 11.5 Å². The average molecular weight is 558 g/mol. The second-order valence-corrected chi connectivity index (χ2v) is 10.6. The minimum Gasteiger partial charge on any atom is -0.491 e. The molecular formula is C32H35N3O6. The lowest BCUT2D eigenvalue weighted by Crippen LogP contribution is -2.44. The zero-order chi connectivity index (χ0) is 29.1. The number of nitrogens with zero attached hydrogens (tertiary/aromatic N) is 3. The molecule has 2 aliphatic rings. The van der Waals surface area contributed by atoms with Crippen molar-refractivity contribution in [2.45, 2.75) is 44.4 Å². The standard InChI is InChI=1S/C32H35N3O6/c1-22(8-5-13-29(37)33-18-6-9-25(33)21-36)32(40)26-10-3-4-11-27(26)35(31(32)39)20-23-14-16-24(17-15-23)34-19-7-12-28(41-2)30(34)38/h3-5,7-8,10-12,14-17,19,22,25,36,40H,6,9,13,18,20-21H2,1-2H3/b8-5+/t22-,25+,32+/m1/s1. The van der Waals surface area contributed by atoms with E-state index in [4.69, 9.17) is 4.74 Å². The first-order valence-corrected chi connectivity index (χ1v) is 13.9. The summed E-state index contributed by atoms with van der Waals surface area (Å²) in [6.07, 6.45) is 6.90. The summed E-state index contributed by atoms with van der Waals surface area (Å²) in [5, 5.41) is 21.4. The van der Waals surface area contributed by atoms with Gasteiger partial charge in [0.15, 0.2) is 11.4 Å². The van der Waals surface area contributed by atoms with Gasteiger partial charge in [-0.2, -0.15) is 0 Å². The molecule has 1 fully saturated rings. The zero-order valence-corrected chi connectivity index (χ0v) is 23.3. The summed E-state index contributed by atoms with van der Waals surface area (Å²) in [4.78, 5) is 42.4. The minimum atomic E-state index is -1.79. The maximum atomic E-state index is 13.8. The highest BCUT2D eigenvalue weighted by atomic mass is 16.5. The summed E-state index contributed by atoms with van der Waals surface area (Å²) in [6.45, 7) is 2.59. The fourth-order valence-electron chi connectivity index (χ4n) is 5.82. The predicted octanol–water partition coefficient (Wildman–Crippen LogP) is 3.15. The summed E-state index contributed by atoms with van der Waals surface area (Å²) in [7, 11) is 1.45. The van der Waals surface area contributed by atoms with Crippen LogP contribution in [0.5, 0.6) is 5.75 Å². The van der Waals surface area contributed by atoms with E-state index in [1.54, 1.807) is 71.5 Å². The molecule has 0 bridgehead atoms. The maximum Gasteiger partial charge on any atom is 0.297 e. The smallest absolute Gasteiger partial charge is 0.297 e. The molecule has 5 rings (SSSR count). The van der Waals surface area contributed by atoms with Crippen molar-refractivity contribution < 1.29 is 24.5 Å². The molecule has 0 saturated carbocycles. The molecule has 9 nitrogen and oxygen atoms in total. The van der Waals surface area contributed by atoms with Crippen LogP contribution in [0.2, 0.25) is 0 Å². The Labute approximate surface area is 238 Å². The van der Waals surface area contributed by atoms with Crippen molar-refractivity contribution in [3.63, 3.8) is 0 Å². The number of hydrogen-bond donors (Lipinski definition) is 2. The summed E-state index contributed by atoms with van der Waals surface area (Å²) >= 11 is 0. The third-order valence-electron chi connectivity index (χ3n) is 8.15. The molecule has 0 spiro atoms. The van der Waals surface area contributed by atoms with E-state index in [9.17, 15) is 24.6 Å². The number of fused-ring (bicyclic) bond motifs is 1. The Morgan fingerprint density at radius 3 is 2.61 bits per heavy atom. The van der Waals surface area contributed by atoms with Gasteiger partial charge < -0.3 is 24.7 Å². The number of likely N-dealkylation sites (tertiary alicyclic amines) is 1. The van der Waals surface area contributed by atoms with Crippen LogP contribution >= 0.6 is 0 Å². The van der Waals surface area contributed by atoms with E-state index in [1.165, 1.54) is 11.7 Å². The topological polar surface area (TPSA) is 112 Å². The van der Waals surface area contributed by atoms with Gasteiger partial charge in [0.1, 0.15) is 0 Å². The SMILES string of the molecule is COc1cccn(-c2ccc(CN3C(=O)[C@](O)([C@H](C)/C=C/CC(=O)N4CCC[C@H]4CO)c4ccccc43)cc2)c1=O. The van der Waals surface area contributed by atoms with Crippen molar-refractivity contribution in [1.82, 2.24) is 9.47 Å². The van der Waals surface area contributed by atoms with Crippen molar-refractivity contribution in [3.8, 4) is 11.4 Å². The molecule has 2 aromatic carbocycles. The lowest BCUT2D eigenvalue weighted by Gasteiger charge is -2.28. The molecule has 214 valence electrons. The Bertz CT molecular complexity index is 1510. The van der Waals surface area contributed by atoms with Crippen LogP contribution in [-0.2, 0) is 21.7 Å². The van der Waals surface area contributed by atoms with Crippen molar-refractivity contribution in [1.29, 1.82) is 0 Å². The summed E-state index contributed by atoms with van der Waals surface area (Å²) in [6, 6.07) is 17.7. The van der Waals surface area contributed by atoms with Gasteiger partial charge in [-0.25, -0.2) is 0 Å². The number of aliphatic hydroxyl groups excluding tert-OH is 1. The Morgan fingerprint density at radius 2 is 1.88 bits per heavy atom. The highest BCUT2D eigenvalue weighted by Gasteiger charge is 2.52. The Morgan fingerprint density at radius 1 is 1.12 bits per heavy atom. The van der Waals surface area contributed by atoms with E-state index in [-0.39, 0.29) is 42.8 Å². The van der Waals surface area contributed by atoms with Crippen LogP contribution in [0.1, 0.15) is 37.3 Å². The van der Waals surface area contributed by atoms with Gasteiger partial charge in [-0.3, -0.25) is 19.0 Å². The molecule has 3 atom stereocenters. The second-order valence-electron chi connectivity index (χ2n) is 10.6. The molecule has 2 aliphatic heterocycles. The number of benzene rings is 2. The number of para-hydroxylation sites is 1. The van der Waals surface area contributed by atoms with E-state index < -0.39 is 17.4 Å². The third kappa shape index (κ3) is 5.18. The van der Waals surface area contributed by atoms with E-state index in [1.807, 2.05) is 24.3 Å². The first kappa shape index (κ1) is 28.3. The molecule has 0 unspecified atom stereocenters. The van der Waals surface area contributed by atoms with Crippen LogP contribution in [0.3, 0.4) is 0 Å². The van der Waals surface area contributed by atoms with Crippen LogP contribution in [0.4, 0.5) is 5.69 Å². The quantitative estimate of drug-likeness (QED) is 0.391. The van der Waals surface area contributed by atoms with E-state index >= 15 is 0 Å². The molecule has 2 N–H and O–H groups in total. The largest absolute Gasteiger partial charge is 0.491 e. The molecule has 2 amide bonds. The molecule has 9 heteroatoms. The normalized spacial score (nSPS) is 21.0. The van der Waals surface area contributed by atoms with Crippen LogP contribution in [-0.4, -0.2) is 57.8 Å². The minimum absolute atomic E-state index is 0.0467. The zero-order valence-electron chi connectivity index (χ0n) is 23.3. The maximum absolute atomic E-state index is 13.8. The molecular weight excluding hydrogens is 522 g/mol. The van der Waals surface area contributed by atoms with E-state index in [0.29, 0.717) is 23.5 Å². The van der Waals surface area contributed by atoms with Crippen molar-refractivity contribution in [2.75, 3.05) is 25.2 Å². The van der Waals surface area contributed by atoms with Gasteiger partial charge in [0.05, 0.1) is 32.0 Å². The number of pyridine rings is 1. The van der Waals surface area contributed by atoms with E-state index in [2.05, 4.69) is 0 Å². The number of carbonyl (C=O) groups is 2. The second kappa shape index (κ2) is 11.7. The molecule has 0 radical (unpaired) electrons. The van der Waals surface area contributed by atoms with Crippen molar-refractivity contribution >= 4 is 17.5 Å². The van der Waals surface area contributed by atoms with Crippen LogP contribution in [0, 0.1) is 5.92 Å². The number of carbonyl (C=O) groups excluding carboxylic acids is 2. The van der Waals surface area contributed by atoms with Gasteiger partial charge in [0.2, 0.25) is 5.91 Å². The number of hydrogen-bond acceptors (Lipinski definition) is 6. The summed E-state index contributed by atoms with van der Waals surface area (Å²) in [5.74, 6) is -0.858. The van der Waals surface area contributed by atoms with Gasteiger partial charge in [0, 0.05) is 36.3 Å². The lowest BCUT2D eigenvalue weighted by atomic mass is 9.83. The fourth-order valence-corrected chi connectivity index (χ4v) is 5.82. The summed E-state index contributed by atoms with van der Waals surface area (Å²) < 4.78 is 6.63.